The van der Waals surface area contributed by atoms with E-state index in [9.17, 15) is 19.5 Å². The first-order valence-corrected chi connectivity index (χ1v) is 8.65. The topological polar surface area (TPSA) is 112 Å². The smallest absolute Gasteiger partial charge is 0.335 e. The zero-order valence-corrected chi connectivity index (χ0v) is 15.0. The second-order valence-corrected chi connectivity index (χ2v) is 5.90. The van der Waals surface area contributed by atoms with Crippen molar-refractivity contribution in [3.8, 4) is 0 Å². The Balaban J connectivity index is 2.02. The lowest BCUT2D eigenvalue weighted by atomic mass is 10.0. The van der Waals surface area contributed by atoms with Crippen LogP contribution in [0.25, 0.3) is 0 Å². The quantitative estimate of drug-likeness (QED) is 0.667. The number of hydrogen-bond acceptors (Lipinski definition) is 4. The summed E-state index contributed by atoms with van der Waals surface area (Å²) in [7, 11) is 0. The number of aromatic nitrogens is 2. The number of aromatic carboxylic acids is 1. The van der Waals surface area contributed by atoms with E-state index in [0.717, 1.165) is 11.3 Å². The molecule has 0 bridgehead atoms. The van der Waals surface area contributed by atoms with Crippen molar-refractivity contribution in [1.29, 1.82) is 0 Å². The standard InChI is InChI=1S/C19H23N3O4/c1-3-13-15(18(24)22-21-16(13)4-2)11-20-17(23)10-9-12-7-5-6-8-14(12)19(25)26/h5-8H,3-4,9-11H2,1-2H3,(H,20,23)(H,22,24)(H,25,26). The Kier molecular flexibility index (Phi) is 6.66. The fourth-order valence-corrected chi connectivity index (χ4v) is 2.93. The zero-order valence-electron chi connectivity index (χ0n) is 15.0. The van der Waals surface area contributed by atoms with Gasteiger partial charge in [-0.3, -0.25) is 9.59 Å². The summed E-state index contributed by atoms with van der Waals surface area (Å²) in [5.41, 5.74) is 2.74. The molecule has 0 fully saturated rings. The number of carbonyl (C=O) groups excluding carboxylic acids is 1. The molecular weight excluding hydrogens is 334 g/mol. The van der Waals surface area contributed by atoms with Crippen LogP contribution in [-0.2, 0) is 30.6 Å². The molecule has 26 heavy (non-hydrogen) atoms. The monoisotopic (exact) mass is 357 g/mol. The molecular formula is C19H23N3O4. The van der Waals surface area contributed by atoms with E-state index in [2.05, 4.69) is 15.5 Å². The SMILES string of the molecule is CCc1n[nH]c(=O)c(CNC(=O)CCc2ccccc2C(=O)O)c1CC. The van der Waals surface area contributed by atoms with E-state index in [-0.39, 0.29) is 30.0 Å². The Labute approximate surface area is 151 Å². The van der Waals surface area contributed by atoms with Gasteiger partial charge in [-0.15, -0.1) is 0 Å². The van der Waals surface area contributed by atoms with Crippen molar-refractivity contribution >= 4 is 11.9 Å². The summed E-state index contributed by atoms with van der Waals surface area (Å²) in [6.45, 7) is 4.04. The average molecular weight is 357 g/mol. The second kappa shape index (κ2) is 8.94. The molecule has 138 valence electrons. The van der Waals surface area contributed by atoms with E-state index in [4.69, 9.17) is 0 Å². The number of rotatable bonds is 8. The summed E-state index contributed by atoms with van der Waals surface area (Å²) in [5, 5.41) is 18.5. The zero-order chi connectivity index (χ0) is 19.1. The molecule has 2 rings (SSSR count). The number of nitrogens with one attached hydrogen (secondary N) is 2. The Morgan fingerprint density at radius 2 is 1.88 bits per heavy atom. The molecule has 1 aromatic carbocycles. The highest BCUT2D eigenvalue weighted by molar-refractivity contribution is 5.89. The van der Waals surface area contributed by atoms with E-state index in [1.54, 1.807) is 18.2 Å². The van der Waals surface area contributed by atoms with Crippen LogP contribution in [-0.4, -0.2) is 27.2 Å². The predicted molar refractivity (Wildman–Crippen MR) is 97.2 cm³/mol. The van der Waals surface area contributed by atoms with Crippen molar-refractivity contribution in [2.45, 2.75) is 46.1 Å². The lowest BCUT2D eigenvalue weighted by Gasteiger charge is -2.11. The van der Waals surface area contributed by atoms with Crippen molar-refractivity contribution in [3.05, 3.63) is 62.6 Å². The Hall–Kier alpha value is -2.96. The van der Waals surface area contributed by atoms with E-state index < -0.39 is 5.97 Å². The molecule has 3 N–H and O–H groups in total. The van der Waals surface area contributed by atoms with Gasteiger partial charge in [-0.1, -0.05) is 32.0 Å². The maximum atomic E-state index is 12.1. The summed E-state index contributed by atoms with van der Waals surface area (Å²) >= 11 is 0. The van der Waals surface area contributed by atoms with Gasteiger partial charge < -0.3 is 10.4 Å². The number of carboxylic acid groups (broad SMARTS) is 1. The minimum atomic E-state index is -1.01. The van der Waals surface area contributed by atoms with Crippen LogP contribution < -0.4 is 10.9 Å². The van der Waals surface area contributed by atoms with Crippen LogP contribution in [0.4, 0.5) is 0 Å². The van der Waals surface area contributed by atoms with Gasteiger partial charge in [0.1, 0.15) is 0 Å². The number of nitrogens with zero attached hydrogens (tertiary/aromatic N) is 1. The number of carboxylic acids is 1. The van der Waals surface area contributed by atoms with Crippen molar-refractivity contribution in [3.63, 3.8) is 0 Å². The maximum absolute atomic E-state index is 12.1. The third kappa shape index (κ3) is 4.56. The van der Waals surface area contributed by atoms with Crippen molar-refractivity contribution < 1.29 is 14.7 Å². The third-order valence-electron chi connectivity index (χ3n) is 4.30. The second-order valence-electron chi connectivity index (χ2n) is 5.90. The van der Waals surface area contributed by atoms with Gasteiger partial charge in [0.25, 0.3) is 5.56 Å². The van der Waals surface area contributed by atoms with Crippen LogP contribution >= 0.6 is 0 Å². The van der Waals surface area contributed by atoms with Crippen LogP contribution in [0.3, 0.4) is 0 Å². The maximum Gasteiger partial charge on any atom is 0.335 e. The summed E-state index contributed by atoms with van der Waals surface area (Å²) in [6.07, 6.45) is 1.83. The van der Waals surface area contributed by atoms with Crippen LogP contribution in [0.1, 0.15) is 53.0 Å². The van der Waals surface area contributed by atoms with Crippen molar-refractivity contribution in [1.82, 2.24) is 15.5 Å². The predicted octanol–water partition coefficient (Wildman–Crippen LogP) is 1.84. The minimum Gasteiger partial charge on any atom is -0.478 e. The molecule has 0 aliphatic heterocycles. The highest BCUT2D eigenvalue weighted by atomic mass is 16.4. The molecule has 0 saturated heterocycles. The molecule has 0 radical (unpaired) electrons. The Morgan fingerprint density at radius 3 is 2.54 bits per heavy atom. The van der Waals surface area contributed by atoms with Crippen molar-refractivity contribution in [2.24, 2.45) is 0 Å². The van der Waals surface area contributed by atoms with E-state index in [0.29, 0.717) is 30.4 Å². The number of amides is 1. The molecule has 7 nitrogen and oxygen atoms in total. The molecule has 1 amide bonds. The van der Waals surface area contributed by atoms with Crippen molar-refractivity contribution in [2.75, 3.05) is 0 Å². The molecule has 2 aromatic rings. The van der Waals surface area contributed by atoms with Gasteiger partial charge in [-0.05, 0) is 36.5 Å². The van der Waals surface area contributed by atoms with Crippen LogP contribution in [0.5, 0.6) is 0 Å². The summed E-state index contributed by atoms with van der Waals surface area (Å²) in [5.74, 6) is -1.24. The highest BCUT2D eigenvalue weighted by Gasteiger charge is 2.14. The number of aryl methyl sites for hydroxylation is 2. The molecule has 7 heteroatoms. The Morgan fingerprint density at radius 1 is 1.15 bits per heavy atom. The molecule has 1 heterocycles. The van der Waals surface area contributed by atoms with Gasteiger partial charge >= 0.3 is 5.97 Å². The van der Waals surface area contributed by atoms with Gasteiger partial charge in [0.05, 0.1) is 11.3 Å². The number of H-pyrrole nitrogens is 1. The first-order chi connectivity index (χ1) is 12.5. The molecule has 0 unspecified atom stereocenters. The van der Waals surface area contributed by atoms with Crippen LogP contribution in [0.15, 0.2) is 29.1 Å². The van der Waals surface area contributed by atoms with Gasteiger partial charge in [0.2, 0.25) is 5.91 Å². The largest absolute Gasteiger partial charge is 0.478 e. The molecule has 0 aliphatic rings. The van der Waals surface area contributed by atoms with Gasteiger partial charge in [-0.2, -0.15) is 5.10 Å². The first kappa shape index (κ1) is 19.4. The average Bonchev–Trinajstić information content (AvgIpc) is 2.65. The van der Waals surface area contributed by atoms with Crippen LogP contribution in [0.2, 0.25) is 0 Å². The number of carbonyl (C=O) groups is 2. The van der Waals surface area contributed by atoms with E-state index in [1.165, 1.54) is 6.07 Å². The normalized spacial score (nSPS) is 10.5. The molecule has 0 spiro atoms. The summed E-state index contributed by atoms with van der Waals surface area (Å²) in [6, 6.07) is 6.62. The van der Waals surface area contributed by atoms with Gasteiger partial charge in [-0.25, -0.2) is 9.89 Å². The fourth-order valence-electron chi connectivity index (χ4n) is 2.93. The van der Waals surface area contributed by atoms with E-state index in [1.807, 2.05) is 13.8 Å². The van der Waals surface area contributed by atoms with E-state index >= 15 is 0 Å². The molecule has 1 aromatic heterocycles. The number of aromatic amines is 1. The number of hydrogen-bond donors (Lipinski definition) is 3. The lowest BCUT2D eigenvalue weighted by molar-refractivity contribution is -0.121. The van der Waals surface area contributed by atoms with Crippen LogP contribution in [0, 0.1) is 0 Å². The third-order valence-corrected chi connectivity index (χ3v) is 4.30. The molecule has 0 saturated carbocycles. The van der Waals surface area contributed by atoms with Gasteiger partial charge in [0.15, 0.2) is 0 Å². The summed E-state index contributed by atoms with van der Waals surface area (Å²) in [4.78, 5) is 35.4. The minimum absolute atomic E-state index is 0.132. The van der Waals surface area contributed by atoms with Gasteiger partial charge in [0, 0.05) is 18.5 Å². The molecule has 0 atom stereocenters. The Bertz CT molecular complexity index is 858. The highest BCUT2D eigenvalue weighted by Crippen LogP contribution is 2.12. The number of benzene rings is 1. The molecule has 0 aliphatic carbocycles. The fraction of sp³-hybridized carbons (Fsp3) is 0.368. The summed E-state index contributed by atoms with van der Waals surface area (Å²) < 4.78 is 0. The first-order valence-electron chi connectivity index (χ1n) is 8.65. The lowest BCUT2D eigenvalue weighted by Crippen LogP contribution is -2.29.